The molecule has 0 saturated heterocycles. The lowest BCUT2D eigenvalue weighted by Crippen LogP contribution is -2.43. The number of benzene rings is 1. The molecule has 4 nitrogen and oxygen atoms in total. The first-order valence-corrected chi connectivity index (χ1v) is 8.09. The molecule has 0 spiro atoms. The van der Waals surface area contributed by atoms with E-state index in [0.29, 0.717) is 6.54 Å². The number of amides is 1. The fraction of sp³-hybridized carbons (Fsp3) is 0.556. The van der Waals surface area contributed by atoms with Crippen molar-refractivity contribution in [3.05, 3.63) is 30.1 Å². The SMILES string of the molecule is CC(C)c1nc2ccccc2n1CC(=O)N(C(C)C)C(C)C. The Hall–Kier alpha value is -1.84. The van der Waals surface area contributed by atoms with Gasteiger partial charge < -0.3 is 9.47 Å². The standard InChI is InChI=1S/C18H27N3O/c1-12(2)18-19-15-9-7-8-10-16(15)20(18)11-17(22)21(13(3)4)14(5)6/h7-10,12-14H,11H2,1-6H3. The molecule has 0 N–H and O–H groups in total. The first kappa shape index (κ1) is 16.5. The summed E-state index contributed by atoms with van der Waals surface area (Å²) in [6, 6.07) is 8.42. The van der Waals surface area contributed by atoms with Gasteiger partial charge in [-0.15, -0.1) is 0 Å². The van der Waals surface area contributed by atoms with Crippen LogP contribution < -0.4 is 0 Å². The molecule has 0 unspecified atom stereocenters. The third-order valence-electron chi connectivity index (χ3n) is 3.89. The zero-order chi connectivity index (χ0) is 16.4. The Morgan fingerprint density at radius 1 is 1.09 bits per heavy atom. The average Bonchev–Trinajstić information content (AvgIpc) is 2.77. The quantitative estimate of drug-likeness (QED) is 0.842. The highest BCUT2D eigenvalue weighted by molar-refractivity contribution is 5.81. The maximum atomic E-state index is 12.8. The molecule has 0 fully saturated rings. The van der Waals surface area contributed by atoms with E-state index < -0.39 is 0 Å². The Morgan fingerprint density at radius 2 is 1.68 bits per heavy atom. The molecule has 1 aromatic heterocycles. The van der Waals surface area contributed by atoms with Crippen LogP contribution in [0, 0.1) is 0 Å². The van der Waals surface area contributed by atoms with Crippen molar-refractivity contribution in [3.8, 4) is 0 Å². The van der Waals surface area contributed by atoms with Crippen molar-refractivity contribution in [1.29, 1.82) is 0 Å². The summed E-state index contributed by atoms with van der Waals surface area (Å²) in [4.78, 5) is 19.4. The maximum absolute atomic E-state index is 12.8. The summed E-state index contributed by atoms with van der Waals surface area (Å²) in [5, 5.41) is 0. The fourth-order valence-corrected chi connectivity index (χ4v) is 3.09. The van der Waals surface area contributed by atoms with Crippen LogP contribution in [0.3, 0.4) is 0 Å². The summed E-state index contributed by atoms with van der Waals surface area (Å²) in [6.45, 7) is 12.8. The van der Waals surface area contributed by atoms with E-state index in [1.54, 1.807) is 0 Å². The minimum atomic E-state index is 0.148. The minimum Gasteiger partial charge on any atom is -0.336 e. The molecule has 4 heteroatoms. The van der Waals surface area contributed by atoms with Crippen LogP contribution in [0.4, 0.5) is 0 Å². The van der Waals surface area contributed by atoms with Gasteiger partial charge >= 0.3 is 0 Å². The second-order valence-electron chi connectivity index (χ2n) is 6.69. The van der Waals surface area contributed by atoms with E-state index in [1.165, 1.54) is 0 Å². The lowest BCUT2D eigenvalue weighted by molar-refractivity contribution is -0.135. The third kappa shape index (κ3) is 3.16. The second-order valence-corrected chi connectivity index (χ2v) is 6.69. The van der Waals surface area contributed by atoms with Crippen molar-refractivity contribution in [1.82, 2.24) is 14.5 Å². The lowest BCUT2D eigenvalue weighted by Gasteiger charge is -2.31. The summed E-state index contributed by atoms with van der Waals surface area (Å²) >= 11 is 0. The molecule has 0 radical (unpaired) electrons. The molecule has 1 heterocycles. The van der Waals surface area contributed by atoms with Crippen molar-refractivity contribution in [2.45, 2.75) is 66.1 Å². The predicted molar refractivity (Wildman–Crippen MR) is 90.9 cm³/mol. The number of nitrogens with zero attached hydrogens (tertiary/aromatic N) is 3. The molecule has 2 rings (SSSR count). The number of carbonyl (C=O) groups excluding carboxylic acids is 1. The summed E-state index contributed by atoms with van der Waals surface area (Å²) in [7, 11) is 0. The van der Waals surface area contributed by atoms with Crippen molar-refractivity contribution < 1.29 is 4.79 Å². The normalized spacial score (nSPS) is 11.9. The third-order valence-corrected chi connectivity index (χ3v) is 3.89. The van der Waals surface area contributed by atoms with E-state index in [1.807, 2.05) is 29.2 Å². The Kier molecular flexibility index (Phi) is 4.89. The Bertz CT molecular complexity index is 647. The number of fused-ring (bicyclic) bond motifs is 1. The molecule has 0 saturated carbocycles. The largest absolute Gasteiger partial charge is 0.336 e. The summed E-state index contributed by atoms with van der Waals surface area (Å²) < 4.78 is 2.07. The molecule has 1 aromatic carbocycles. The van der Waals surface area contributed by atoms with Crippen molar-refractivity contribution >= 4 is 16.9 Å². The molecule has 0 aliphatic heterocycles. The van der Waals surface area contributed by atoms with E-state index in [0.717, 1.165) is 16.9 Å². The molecule has 0 atom stereocenters. The van der Waals surface area contributed by atoms with E-state index >= 15 is 0 Å². The van der Waals surface area contributed by atoms with Crippen LogP contribution in [-0.4, -0.2) is 32.4 Å². The second kappa shape index (κ2) is 6.51. The Balaban J connectivity index is 2.42. The Labute approximate surface area is 133 Å². The minimum absolute atomic E-state index is 0.148. The summed E-state index contributed by atoms with van der Waals surface area (Å²) in [5.74, 6) is 1.41. The summed E-state index contributed by atoms with van der Waals surface area (Å²) in [6.07, 6.45) is 0. The smallest absolute Gasteiger partial charge is 0.243 e. The van der Waals surface area contributed by atoms with Gasteiger partial charge in [-0.05, 0) is 39.8 Å². The van der Waals surface area contributed by atoms with E-state index in [4.69, 9.17) is 4.98 Å². The topological polar surface area (TPSA) is 38.1 Å². The van der Waals surface area contributed by atoms with Crippen LogP contribution >= 0.6 is 0 Å². The molecule has 2 aromatic rings. The van der Waals surface area contributed by atoms with Crippen LogP contribution in [-0.2, 0) is 11.3 Å². The van der Waals surface area contributed by atoms with Crippen LogP contribution in [0.1, 0.15) is 53.3 Å². The molecule has 1 amide bonds. The van der Waals surface area contributed by atoms with Crippen LogP contribution in [0.2, 0.25) is 0 Å². The van der Waals surface area contributed by atoms with Crippen molar-refractivity contribution in [2.24, 2.45) is 0 Å². The van der Waals surface area contributed by atoms with Gasteiger partial charge in [0.15, 0.2) is 0 Å². The van der Waals surface area contributed by atoms with Gasteiger partial charge in [-0.1, -0.05) is 26.0 Å². The maximum Gasteiger partial charge on any atom is 0.243 e. The molecule has 22 heavy (non-hydrogen) atoms. The highest BCUT2D eigenvalue weighted by atomic mass is 16.2. The number of rotatable bonds is 5. The zero-order valence-electron chi connectivity index (χ0n) is 14.5. The predicted octanol–water partition coefficient (Wildman–Crippen LogP) is 3.81. The van der Waals surface area contributed by atoms with Crippen molar-refractivity contribution in [3.63, 3.8) is 0 Å². The van der Waals surface area contributed by atoms with E-state index in [2.05, 4.69) is 46.1 Å². The van der Waals surface area contributed by atoms with Crippen LogP contribution in [0.25, 0.3) is 11.0 Å². The zero-order valence-corrected chi connectivity index (χ0v) is 14.5. The summed E-state index contributed by atoms with van der Waals surface area (Å²) in [5.41, 5.74) is 1.99. The number of imidazole rings is 1. The number of hydrogen-bond acceptors (Lipinski definition) is 2. The van der Waals surface area contributed by atoms with Crippen LogP contribution in [0.5, 0.6) is 0 Å². The lowest BCUT2D eigenvalue weighted by atomic mass is 10.2. The van der Waals surface area contributed by atoms with Crippen LogP contribution in [0.15, 0.2) is 24.3 Å². The highest BCUT2D eigenvalue weighted by Gasteiger charge is 2.23. The first-order valence-electron chi connectivity index (χ1n) is 8.09. The van der Waals surface area contributed by atoms with Gasteiger partial charge in [-0.25, -0.2) is 4.98 Å². The van der Waals surface area contributed by atoms with E-state index in [9.17, 15) is 4.79 Å². The van der Waals surface area contributed by atoms with E-state index in [-0.39, 0.29) is 23.9 Å². The van der Waals surface area contributed by atoms with Gasteiger partial charge in [0.1, 0.15) is 12.4 Å². The highest BCUT2D eigenvalue weighted by Crippen LogP contribution is 2.22. The van der Waals surface area contributed by atoms with Gasteiger partial charge in [-0.3, -0.25) is 4.79 Å². The molecular formula is C18H27N3O. The fourth-order valence-electron chi connectivity index (χ4n) is 3.09. The number of para-hydroxylation sites is 2. The molecule has 120 valence electrons. The van der Waals surface area contributed by atoms with Gasteiger partial charge in [0.25, 0.3) is 0 Å². The van der Waals surface area contributed by atoms with Gasteiger partial charge in [-0.2, -0.15) is 0 Å². The molecule has 0 aliphatic carbocycles. The monoisotopic (exact) mass is 301 g/mol. The molecule has 0 bridgehead atoms. The average molecular weight is 301 g/mol. The van der Waals surface area contributed by atoms with Gasteiger partial charge in [0.2, 0.25) is 5.91 Å². The molecular weight excluding hydrogens is 274 g/mol. The Morgan fingerprint density at radius 3 is 2.23 bits per heavy atom. The molecule has 0 aliphatic rings. The first-order chi connectivity index (χ1) is 10.3. The van der Waals surface area contributed by atoms with Gasteiger partial charge in [0.05, 0.1) is 11.0 Å². The number of carbonyl (C=O) groups is 1. The van der Waals surface area contributed by atoms with Gasteiger partial charge in [0, 0.05) is 18.0 Å². The van der Waals surface area contributed by atoms with Crippen molar-refractivity contribution in [2.75, 3.05) is 0 Å². The number of hydrogen-bond donors (Lipinski definition) is 0. The number of aromatic nitrogens is 2.